The minimum Gasteiger partial charge on any atom is -0.569 e. The molecular formula is C13H25N3O6. The fourth-order valence-corrected chi connectivity index (χ4v) is 1.86. The Labute approximate surface area is 129 Å². The average Bonchev–Trinajstić information content (AvgIpc) is 2.42. The van der Waals surface area contributed by atoms with Gasteiger partial charge in [-0.1, -0.05) is 0 Å². The van der Waals surface area contributed by atoms with Crippen molar-refractivity contribution >= 4 is 6.16 Å². The first kappa shape index (κ1) is 18.3. The third-order valence-electron chi connectivity index (χ3n) is 3.01. The first-order chi connectivity index (χ1) is 10.2. The van der Waals surface area contributed by atoms with Crippen LogP contribution in [0.4, 0.5) is 4.79 Å². The molecule has 0 bridgehead atoms. The summed E-state index contributed by atoms with van der Waals surface area (Å²) >= 11 is 0. The highest BCUT2D eigenvalue weighted by molar-refractivity contribution is 5.60. The van der Waals surface area contributed by atoms with Crippen LogP contribution >= 0.6 is 0 Å². The largest absolute Gasteiger partial charge is 0.569 e. The number of carbonyl (C=O) groups is 1. The molecule has 0 radical (unpaired) electrons. The molecule has 0 saturated carbocycles. The predicted octanol–water partition coefficient (Wildman–Crippen LogP) is 1.80. The first-order valence-corrected chi connectivity index (χ1v) is 7.30. The zero-order valence-corrected chi connectivity index (χ0v) is 13.5. The number of hydrazine groups is 1. The molecule has 0 aromatic carbocycles. The molecule has 9 nitrogen and oxygen atoms in total. The maximum absolute atomic E-state index is 11.7. The average molecular weight is 319 g/mol. The predicted molar refractivity (Wildman–Crippen MR) is 75.3 cm³/mol. The smallest absolute Gasteiger partial charge is 0.511 e. The fourth-order valence-electron chi connectivity index (χ4n) is 1.86. The summed E-state index contributed by atoms with van der Waals surface area (Å²) in [6, 6.07) is 0. The van der Waals surface area contributed by atoms with Gasteiger partial charge in [-0.15, -0.1) is 5.01 Å². The lowest BCUT2D eigenvalue weighted by atomic mass is 9.99. The number of piperidine rings is 1. The van der Waals surface area contributed by atoms with Crippen LogP contribution in [-0.2, 0) is 14.3 Å². The second kappa shape index (κ2) is 8.02. The van der Waals surface area contributed by atoms with Gasteiger partial charge < -0.3 is 19.8 Å². The summed E-state index contributed by atoms with van der Waals surface area (Å²) in [6.07, 6.45) is -0.499. The standard InChI is InChI=1S/C13H25N3O6/c1-10(20-12(18)21-13(2,3)4)22-14-16(19)15-7-5-11(9-17)6-8-15/h10-11,17H,5-9H2,1-4H3. The van der Waals surface area contributed by atoms with Crippen molar-refractivity contribution in [3.63, 3.8) is 0 Å². The van der Waals surface area contributed by atoms with E-state index in [-0.39, 0.29) is 12.5 Å². The molecule has 1 saturated heterocycles. The minimum atomic E-state index is -1.04. The van der Waals surface area contributed by atoms with E-state index in [1.165, 1.54) is 11.9 Å². The van der Waals surface area contributed by atoms with E-state index in [1.54, 1.807) is 20.8 Å². The second-order valence-corrected chi connectivity index (χ2v) is 6.17. The van der Waals surface area contributed by atoms with Crippen molar-refractivity contribution in [1.82, 2.24) is 5.01 Å². The summed E-state index contributed by atoms with van der Waals surface area (Å²) in [7, 11) is 0. The van der Waals surface area contributed by atoms with Crippen LogP contribution in [0.2, 0.25) is 0 Å². The fraction of sp³-hybridized carbons (Fsp3) is 0.923. The Balaban J connectivity index is 2.35. The summed E-state index contributed by atoms with van der Waals surface area (Å²) in [4.78, 5) is 16.5. The Morgan fingerprint density at radius 2 is 2.05 bits per heavy atom. The Hall–Kier alpha value is -1.77. The second-order valence-electron chi connectivity index (χ2n) is 6.17. The van der Waals surface area contributed by atoms with Crippen LogP contribution in [0.25, 0.3) is 0 Å². The van der Waals surface area contributed by atoms with Crippen molar-refractivity contribution in [1.29, 1.82) is 0 Å². The third kappa shape index (κ3) is 6.79. The van der Waals surface area contributed by atoms with Gasteiger partial charge in [-0.05, 0) is 39.5 Å². The Morgan fingerprint density at radius 3 is 2.55 bits per heavy atom. The number of aliphatic hydroxyl groups excluding tert-OH is 1. The lowest BCUT2D eigenvalue weighted by Gasteiger charge is -2.27. The normalized spacial score (nSPS) is 18.8. The summed E-state index contributed by atoms with van der Waals surface area (Å²) in [5.41, 5.74) is -0.671. The van der Waals surface area contributed by atoms with E-state index in [4.69, 9.17) is 19.4 Å². The van der Waals surface area contributed by atoms with E-state index < -0.39 is 18.0 Å². The van der Waals surface area contributed by atoms with Crippen LogP contribution in [0, 0.1) is 11.1 Å². The Morgan fingerprint density at radius 1 is 1.45 bits per heavy atom. The lowest BCUT2D eigenvalue weighted by molar-refractivity contribution is -0.715. The third-order valence-corrected chi connectivity index (χ3v) is 3.01. The van der Waals surface area contributed by atoms with E-state index in [9.17, 15) is 10.0 Å². The van der Waals surface area contributed by atoms with Gasteiger partial charge in [-0.3, -0.25) is 4.84 Å². The van der Waals surface area contributed by atoms with E-state index in [0.29, 0.717) is 30.9 Å². The number of aliphatic hydroxyl groups is 1. The molecule has 1 heterocycles. The maximum atomic E-state index is 11.7. The van der Waals surface area contributed by atoms with Crippen molar-refractivity contribution in [3.05, 3.63) is 5.21 Å². The maximum Gasteiger partial charge on any atom is 0.511 e. The molecule has 1 aliphatic heterocycles. The van der Waals surface area contributed by atoms with Gasteiger partial charge in [0.2, 0.25) is 5.28 Å². The SMILES string of the molecule is CC(ON=[N+]([O-])N1CCC(CO)CC1)OC(=O)OC(C)(C)C. The number of nitrogens with zero attached hydrogens (tertiary/aromatic N) is 3. The van der Waals surface area contributed by atoms with Crippen LogP contribution in [0.15, 0.2) is 5.28 Å². The van der Waals surface area contributed by atoms with Gasteiger partial charge >= 0.3 is 6.16 Å². The summed E-state index contributed by atoms with van der Waals surface area (Å²) < 4.78 is 9.75. The molecule has 1 N–H and O–H groups in total. The molecular weight excluding hydrogens is 294 g/mol. The van der Waals surface area contributed by atoms with Gasteiger partial charge in [0, 0.05) is 13.5 Å². The van der Waals surface area contributed by atoms with Crippen LogP contribution in [0.5, 0.6) is 0 Å². The van der Waals surface area contributed by atoms with Gasteiger partial charge in [-0.25, -0.2) is 4.79 Å². The molecule has 0 amide bonds. The summed E-state index contributed by atoms with van der Waals surface area (Å²) in [5.74, 6) is 0.222. The van der Waals surface area contributed by atoms with Crippen LogP contribution < -0.4 is 0 Å². The first-order valence-electron chi connectivity index (χ1n) is 7.30. The summed E-state index contributed by atoms with van der Waals surface area (Å²) in [6.45, 7) is 7.66. The number of rotatable bonds is 5. The Bertz CT molecular complexity index is 388. The van der Waals surface area contributed by atoms with Crippen molar-refractivity contribution in [2.24, 2.45) is 11.2 Å². The number of carbonyl (C=O) groups excluding carboxylic acids is 1. The van der Waals surface area contributed by atoms with Gasteiger partial charge in [0.05, 0.1) is 18.1 Å². The van der Waals surface area contributed by atoms with E-state index >= 15 is 0 Å². The van der Waals surface area contributed by atoms with Crippen LogP contribution in [0.1, 0.15) is 40.5 Å². The zero-order chi connectivity index (χ0) is 16.8. The Kier molecular flexibility index (Phi) is 6.66. The molecule has 1 aliphatic rings. The van der Waals surface area contributed by atoms with Crippen molar-refractivity contribution < 1.29 is 29.2 Å². The minimum absolute atomic E-state index is 0.126. The molecule has 1 atom stereocenters. The van der Waals surface area contributed by atoms with Crippen molar-refractivity contribution in [2.75, 3.05) is 19.7 Å². The molecule has 1 rings (SSSR count). The number of hydrogen-bond donors (Lipinski definition) is 1. The molecule has 1 unspecified atom stereocenters. The van der Waals surface area contributed by atoms with Crippen molar-refractivity contribution in [2.45, 2.75) is 52.4 Å². The molecule has 128 valence electrons. The highest BCUT2D eigenvalue weighted by Crippen LogP contribution is 2.16. The molecule has 0 spiro atoms. The van der Waals surface area contributed by atoms with Gasteiger partial charge in [0.25, 0.3) is 6.29 Å². The van der Waals surface area contributed by atoms with E-state index in [1.807, 2.05) is 0 Å². The monoisotopic (exact) mass is 319 g/mol. The van der Waals surface area contributed by atoms with Crippen LogP contribution in [0.3, 0.4) is 0 Å². The van der Waals surface area contributed by atoms with Crippen molar-refractivity contribution in [3.8, 4) is 0 Å². The molecule has 0 aliphatic carbocycles. The lowest BCUT2D eigenvalue weighted by Crippen LogP contribution is -2.39. The van der Waals surface area contributed by atoms with E-state index in [0.717, 1.165) is 0 Å². The van der Waals surface area contributed by atoms with Gasteiger partial charge in [0.15, 0.2) is 0 Å². The summed E-state index contributed by atoms with van der Waals surface area (Å²) in [5, 5.41) is 25.6. The molecule has 0 aromatic heterocycles. The molecule has 22 heavy (non-hydrogen) atoms. The molecule has 1 fully saturated rings. The quantitative estimate of drug-likeness (QED) is 0.271. The topological polar surface area (TPSA) is 107 Å². The van der Waals surface area contributed by atoms with Crippen LogP contribution in [-0.4, -0.2) is 52.8 Å². The van der Waals surface area contributed by atoms with Gasteiger partial charge in [0.1, 0.15) is 5.60 Å². The zero-order valence-electron chi connectivity index (χ0n) is 13.5. The van der Waals surface area contributed by atoms with E-state index in [2.05, 4.69) is 5.28 Å². The highest BCUT2D eigenvalue weighted by atomic mass is 16.8. The number of ether oxygens (including phenoxy) is 2. The molecule has 9 heteroatoms. The highest BCUT2D eigenvalue weighted by Gasteiger charge is 2.24. The molecule has 0 aromatic rings. The van der Waals surface area contributed by atoms with Gasteiger partial charge in [-0.2, -0.15) is 0 Å². The number of hydrogen-bond acceptors (Lipinski definition) is 7.